The normalized spacial score (nSPS) is 25.2. The fraction of sp³-hybridized carbons (Fsp3) is 0.500. The molecular weight excluding hydrogens is 256 g/mol. The SMILES string of the molecule is CC1(C)CC(=O)C(C2N=CNc3nccnc32)C(=O)C1. The van der Waals surface area contributed by atoms with Crippen LogP contribution in [0, 0.1) is 11.3 Å². The standard InChI is InChI=1S/C14H16N4O2/c1-14(2)5-8(19)10(9(20)6-14)11-12-13(18-7-17-11)16-4-3-15-12/h3-4,7,10-11H,5-6H2,1-2H3,(H,16,17,18). The summed E-state index contributed by atoms with van der Waals surface area (Å²) in [5, 5.41) is 2.89. The van der Waals surface area contributed by atoms with E-state index >= 15 is 0 Å². The Balaban J connectivity index is 1.97. The molecule has 2 aliphatic rings. The van der Waals surface area contributed by atoms with Crippen molar-refractivity contribution in [3.63, 3.8) is 0 Å². The fourth-order valence-corrected chi connectivity index (χ4v) is 2.93. The number of hydrogen-bond donors (Lipinski definition) is 1. The second-order valence-electron chi connectivity index (χ2n) is 6.09. The average molecular weight is 272 g/mol. The maximum atomic E-state index is 12.4. The lowest BCUT2D eigenvalue weighted by Gasteiger charge is -2.35. The lowest BCUT2D eigenvalue weighted by Crippen LogP contribution is -2.41. The van der Waals surface area contributed by atoms with Gasteiger partial charge in [-0.25, -0.2) is 4.98 Å². The number of rotatable bonds is 1. The fourth-order valence-electron chi connectivity index (χ4n) is 2.93. The first kappa shape index (κ1) is 12.9. The van der Waals surface area contributed by atoms with Crippen LogP contribution in [-0.2, 0) is 9.59 Å². The van der Waals surface area contributed by atoms with E-state index in [1.165, 1.54) is 6.34 Å². The molecule has 0 radical (unpaired) electrons. The van der Waals surface area contributed by atoms with Gasteiger partial charge in [-0.15, -0.1) is 0 Å². The van der Waals surface area contributed by atoms with Crippen LogP contribution in [-0.4, -0.2) is 27.9 Å². The van der Waals surface area contributed by atoms with E-state index in [1.807, 2.05) is 13.8 Å². The van der Waals surface area contributed by atoms with Gasteiger partial charge in [-0.1, -0.05) is 13.8 Å². The van der Waals surface area contributed by atoms with Gasteiger partial charge in [0.25, 0.3) is 0 Å². The molecular formula is C14H16N4O2. The van der Waals surface area contributed by atoms with E-state index in [1.54, 1.807) is 12.4 Å². The first-order valence-electron chi connectivity index (χ1n) is 6.62. The molecule has 0 spiro atoms. The molecule has 3 rings (SSSR count). The Morgan fingerprint density at radius 3 is 2.50 bits per heavy atom. The zero-order valence-corrected chi connectivity index (χ0v) is 11.5. The van der Waals surface area contributed by atoms with E-state index < -0.39 is 12.0 Å². The number of Topliss-reactive ketones (excluding diaryl/α,β-unsaturated/α-hetero) is 2. The minimum absolute atomic E-state index is 0.0492. The highest BCUT2D eigenvalue weighted by molar-refractivity contribution is 6.06. The summed E-state index contributed by atoms with van der Waals surface area (Å²) in [6.45, 7) is 3.89. The van der Waals surface area contributed by atoms with E-state index in [0.29, 0.717) is 24.4 Å². The molecule has 1 aromatic rings. The maximum absolute atomic E-state index is 12.4. The van der Waals surface area contributed by atoms with Crippen molar-refractivity contribution in [3.8, 4) is 0 Å². The minimum Gasteiger partial charge on any atom is -0.330 e. The molecule has 1 unspecified atom stereocenters. The summed E-state index contributed by atoms with van der Waals surface area (Å²) >= 11 is 0. The van der Waals surface area contributed by atoms with Crippen LogP contribution in [0.15, 0.2) is 17.4 Å². The number of aliphatic imine (C=N–C) groups is 1. The minimum atomic E-state index is -0.725. The van der Waals surface area contributed by atoms with Crippen LogP contribution in [0.3, 0.4) is 0 Å². The van der Waals surface area contributed by atoms with Crippen LogP contribution < -0.4 is 5.32 Å². The largest absolute Gasteiger partial charge is 0.330 e. The van der Waals surface area contributed by atoms with Crippen molar-refractivity contribution < 1.29 is 9.59 Å². The van der Waals surface area contributed by atoms with Crippen molar-refractivity contribution in [1.82, 2.24) is 9.97 Å². The van der Waals surface area contributed by atoms with Crippen LogP contribution in [0.4, 0.5) is 5.82 Å². The number of ketones is 2. The van der Waals surface area contributed by atoms with Crippen molar-refractivity contribution in [3.05, 3.63) is 18.1 Å². The first-order chi connectivity index (χ1) is 9.48. The number of carbonyl (C=O) groups is 2. The molecule has 1 aliphatic heterocycles. The van der Waals surface area contributed by atoms with Gasteiger partial charge in [0.15, 0.2) is 5.82 Å². The van der Waals surface area contributed by atoms with Gasteiger partial charge in [-0.05, 0) is 5.41 Å². The number of carbonyl (C=O) groups excluding carboxylic acids is 2. The van der Waals surface area contributed by atoms with E-state index in [4.69, 9.17) is 0 Å². The Kier molecular flexibility index (Phi) is 2.88. The van der Waals surface area contributed by atoms with Crippen LogP contribution in [0.25, 0.3) is 0 Å². The highest BCUT2D eigenvalue weighted by atomic mass is 16.2. The predicted octanol–water partition coefficient (Wildman–Crippen LogP) is 1.55. The molecule has 6 nitrogen and oxygen atoms in total. The second-order valence-corrected chi connectivity index (χ2v) is 6.09. The summed E-state index contributed by atoms with van der Waals surface area (Å²) in [6.07, 6.45) is 5.41. The van der Waals surface area contributed by atoms with Gasteiger partial charge in [-0.3, -0.25) is 19.6 Å². The number of hydrogen-bond acceptors (Lipinski definition) is 6. The van der Waals surface area contributed by atoms with Crippen LogP contribution in [0.1, 0.15) is 38.4 Å². The van der Waals surface area contributed by atoms with Crippen molar-refractivity contribution in [1.29, 1.82) is 0 Å². The first-order valence-corrected chi connectivity index (χ1v) is 6.62. The van der Waals surface area contributed by atoms with E-state index in [9.17, 15) is 9.59 Å². The molecule has 1 aromatic heterocycles. The summed E-state index contributed by atoms with van der Waals surface area (Å²) < 4.78 is 0. The molecule has 0 amide bonds. The van der Waals surface area contributed by atoms with Gasteiger partial charge >= 0.3 is 0 Å². The summed E-state index contributed by atoms with van der Waals surface area (Å²) in [7, 11) is 0. The third-order valence-electron chi connectivity index (χ3n) is 3.76. The molecule has 104 valence electrons. The van der Waals surface area contributed by atoms with Crippen molar-refractivity contribution >= 4 is 23.7 Å². The molecule has 1 aliphatic carbocycles. The maximum Gasteiger partial charge on any atom is 0.155 e. The van der Waals surface area contributed by atoms with E-state index in [-0.39, 0.29) is 17.0 Å². The summed E-state index contributed by atoms with van der Waals surface area (Å²) in [5.41, 5.74) is 0.313. The average Bonchev–Trinajstić information content (AvgIpc) is 2.36. The third-order valence-corrected chi connectivity index (χ3v) is 3.76. The molecule has 0 saturated heterocycles. The molecule has 6 heteroatoms. The lowest BCUT2D eigenvalue weighted by atomic mass is 9.69. The second kappa shape index (κ2) is 4.47. The van der Waals surface area contributed by atoms with Gasteiger partial charge in [-0.2, -0.15) is 0 Å². The molecule has 1 atom stereocenters. The van der Waals surface area contributed by atoms with Gasteiger partial charge in [0.2, 0.25) is 0 Å². The molecule has 20 heavy (non-hydrogen) atoms. The smallest absolute Gasteiger partial charge is 0.155 e. The van der Waals surface area contributed by atoms with Crippen LogP contribution in [0.2, 0.25) is 0 Å². The van der Waals surface area contributed by atoms with Crippen molar-refractivity contribution in [2.24, 2.45) is 16.3 Å². The lowest BCUT2D eigenvalue weighted by molar-refractivity contribution is -0.140. The van der Waals surface area contributed by atoms with Crippen LogP contribution >= 0.6 is 0 Å². The molecule has 1 fully saturated rings. The molecule has 0 aromatic carbocycles. The topological polar surface area (TPSA) is 84.3 Å². The molecule has 1 saturated carbocycles. The Bertz CT molecular complexity index is 589. The number of anilines is 1. The summed E-state index contributed by atoms with van der Waals surface area (Å²) in [6, 6.07) is -0.545. The van der Waals surface area contributed by atoms with Crippen molar-refractivity contribution in [2.45, 2.75) is 32.7 Å². The Morgan fingerprint density at radius 2 is 1.80 bits per heavy atom. The quantitative estimate of drug-likeness (QED) is 0.784. The Hall–Kier alpha value is -2.11. The monoisotopic (exact) mass is 272 g/mol. The summed E-state index contributed by atoms with van der Waals surface area (Å²) in [4.78, 5) is 37.4. The molecule has 1 N–H and O–H groups in total. The van der Waals surface area contributed by atoms with Gasteiger partial charge in [0.1, 0.15) is 29.2 Å². The highest BCUT2D eigenvalue weighted by Gasteiger charge is 2.45. The summed E-state index contributed by atoms with van der Waals surface area (Å²) in [5.74, 6) is -0.256. The number of aromatic nitrogens is 2. The predicted molar refractivity (Wildman–Crippen MR) is 73.4 cm³/mol. The molecule has 2 heterocycles. The number of nitrogens with one attached hydrogen (secondary N) is 1. The Labute approximate surface area is 116 Å². The zero-order valence-electron chi connectivity index (χ0n) is 11.5. The van der Waals surface area contributed by atoms with Gasteiger partial charge in [0, 0.05) is 25.2 Å². The number of fused-ring (bicyclic) bond motifs is 1. The van der Waals surface area contributed by atoms with Gasteiger partial charge in [0.05, 0.1) is 6.34 Å². The highest BCUT2D eigenvalue weighted by Crippen LogP contribution is 2.41. The molecule has 0 bridgehead atoms. The Morgan fingerprint density at radius 1 is 1.15 bits per heavy atom. The van der Waals surface area contributed by atoms with Crippen LogP contribution in [0.5, 0.6) is 0 Å². The van der Waals surface area contributed by atoms with Gasteiger partial charge < -0.3 is 5.32 Å². The van der Waals surface area contributed by atoms with E-state index in [2.05, 4.69) is 20.3 Å². The van der Waals surface area contributed by atoms with Crippen molar-refractivity contribution in [2.75, 3.05) is 5.32 Å². The van der Waals surface area contributed by atoms with E-state index in [0.717, 1.165) is 0 Å². The zero-order chi connectivity index (χ0) is 14.3. The third kappa shape index (κ3) is 2.11. The number of nitrogens with zero attached hydrogens (tertiary/aromatic N) is 3.